The van der Waals surface area contributed by atoms with Crippen molar-refractivity contribution in [2.75, 3.05) is 13.7 Å². The van der Waals surface area contributed by atoms with Gasteiger partial charge in [0.25, 0.3) is 0 Å². The highest BCUT2D eigenvalue weighted by Crippen LogP contribution is 2.39. The molecule has 1 aliphatic rings. The number of rotatable bonds is 4. The molecule has 86 valence electrons. The van der Waals surface area contributed by atoms with Gasteiger partial charge in [-0.15, -0.1) is 0 Å². The van der Waals surface area contributed by atoms with Crippen LogP contribution in [0.5, 0.6) is 5.75 Å². The SMILES string of the molecule is COc1ccccc1C1(CC(=O)O)CCN1. The number of nitrogens with one attached hydrogen (secondary N) is 1. The molecule has 1 heterocycles. The highest BCUT2D eigenvalue weighted by Gasteiger charge is 2.42. The summed E-state index contributed by atoms with van der Waals surface area (Å²) in [5.41, 5.74) is 0.490. The monoisotopic (exact) mass is 221 g/mol. The fraction of sp³-hybridized carbons (Fsp3) is 0.417. The van der Waals surface area contributed by atoms with Crippen LogP contribution < -0.4 is 10.1 Å². The summed E-state index contributed by atoms with van der Waals surface area (Å²) in [4.78, 5) is 10.9. The molecular formula is C12H15NO3. The molecule has 0 aromatic heterocycles. The summed E-state index contributed by atoms with van der Waals surface area (Å²) in [6, 6.07) is 7.57. The van der Waals surface area contributed by atoms with E-state index in [-0.39, 0.29) is 6.42 Å². The van der Waals surface area contributed by atoms with Gasteiger partial charge in [-0.1, -0.05) is 18.2 Å². The van der Waals surface area contributed by atoms with E-state index in [1.807, 2.05) is 24.3 Å². The molecule has 0 saturated carbocycles. The van der Waals surface area contributed by atoms with Crippen molar-refractivity contribution in [1.82, 2.24) is 5.32 Å². The summed E-state index contributed by atoms with van der Waals surface area (Å²) in [7, 11) is 1.60. The van der Waals surface area contributed by atoms with Gasteiger partial charge in [-0.2, -0.15) is 0 Å². The van der Waals surface area contributed by atoms with Crippen molar-refractivity contribution >= 4 is 5.97 Å². The van der Waals surface area contributed by atoms with Crippen molar-refractivity contribution in [3.63, 3.8) is 0 Å². The molecule has 16 heavy (non-hydrogen) atoms. The molecule has 0 spiro atoms. The summed E-state index contributed by atoms with van der Waals surface area (Å²) >= 11 is 0. The molecule has 1 aromatic carbocycles. The second-order valence-corrected chi connectivity index (χ2v) is 4.03. The van der Waals surface area contributed by atoms with Gasteiger partial charge in [-0.25, -0.2) is 0 Å². The fourth-order valence-electron chi connectivity index (χ4n) is 2.20. The minimum atomic E-state index is -0.793. The number of carboxylic acids is 1. The normalized spacial score (nSPS) is 23.6. The maximum atomic E-state index is 10.9. The lowest BCUT2D eigenvalue weighted by molar-refractivity contribution is -0.139. The summed E-state index contributed by atoms with van der Waals surface area (Å²) in [6.45, 7) is 0.853. The minimum Gasteiger partial charge on any atom is -0.496 e. The minimum absolute atomic E-state index is 0.0906. The van der Waals surface area contributed by atoms with Crippen LogP contribution in [0.2, 0.25) is 0 Å². The number of carboxylic acid groups (broad SMARTS) is 1. The molecule has 0 radical (unpaired) electrons. The number of carbonyl (C=O) groups is 1. The summed E-state index contributed by atoms with van der Waals surface area (Å²) in [5.74, 6) is -0.0472. The lowest BCUT2D eigenvalue weighted by Gasteiger charge is -2.43. The largest absolute Gasteiger partial charge is 0.496 e. The molecule has 1 aliphatic heterocycles. The van der Waals surface area contributed by atoms with Crippen LogP contribution in [0, 0.1) is 0 Å². The molecule has 0 amide bonds. The van der Waals surface area contributed by atoms with Crippen LogP contribution in [-0.2, 0) is 10.3 Å². The zero-order valence-electron chi connectivity index (χ0n) is 9.19. The van der Waals surface area contributed by atoms with Gasteiger partial charge >= 0.3 is 5.97 Å². The number of benzene rings is 1. The van der Waals surface area contributed by atoms with Crippen molar-refractivity contribution < 1.29 is 14.6 Å². The lowest BCUT2D eigenvalue weighted by Crippen LogP contribution is -2.55. The van der Waals surface area contributed by atoms with Gasteiger partial charge in [-0.05, 0) is 19.0 Å². The van der Waals surface area contributed by atoms with Crippen LogP contribution in [0.1, 0.15) is 18.4 Å². The second kappa shape index (κ2) is 4.14. The van der Waals surface area contributed by atoms with Gasteiger partial charge in [0.05, 0.1) is 19.1 Å². The number of methoxy groups -OCH3 is 1. The highest BCUT2D eigenvalue weighted by atomic mass is 16.5. The maximum absolute atomic E-state index is 10.9. The van der Waals surface area contributed by atoms with E-state index in [4.69, 9.17) is 9.84 Å². The van der Waals surface area contributed by atoms with E-state index < -0.39 is 11.5 Å². The summed E-state index contributed by atoms with van der Waals surface area (Å²) < 4.78 is 5.28. The van der Waals surface area contributed by atoms with E-state index in [1.54, 1.807) is 7.11 Å². The van der Waals surface area contributed by atoms with E-state index in [2.05, 4.69) is 5.32 Å². The molecule has 2 N–H and O–H groups in total. The molecular weight excluding hydrogens is 206 g/mol. The average Bonchev–Trinajstić information content (AvgIpc) is 2.23. The summed E-state index contributed by atoms with van der Waals surface area (Å²) in [5, 5.41) is 12.2. The van der Waals surface area contributed by atoms with Gasteiger partial charge < -0.3 is 15.2 Å². The molecule has 4 heteroatoms. The van der Waals surface area contributed by atoms with Gasteiger partial charge in [0.2, 0.25) is 0 Å². The van der Waals surface area contributed by atoms with Crippen molar-refractivity contribution in [2.24, 2.45) is 0 Å². The van der Waals surface area contributed by atoms with E-state index in [9.17, 15) is 4.79 Å². The van der Waals surface area contributed by atoms with Gasteiger partial charge in [0.1, 0.15) is 5.75 Å². The Morgan fingerprint density at radius 1 is 1.56 bits per heavy atom. The quantitative estimate of drug-likeness (QED) is 0.806. The zero-order chi connectivity index (χ0) is 11.6. The third-order valence-corrected chi connectivity index (χ3v) is 3.09. The molecule has 1 saturated heterocycles. The number of para-hydroxylation sites is 1. The number of ether oxygens (including phenoxy) is 1. The number of aliphatic carboxylic acids is 1. The van der Waals surface area contributed by atoms with Crippen LogP contribution in [0.3, 0.4) is 0 Å². The molecule has 1 atom stereocenters. The number of hydrogen-bond acceptors (Lipinski definition) is 3. The first-order valence-electron chi connectivity index (χ1n) is 5.28. The number of hydrogen-bond donors (Lipinski definition) is 2. The smallest absolute Gasteiger partial charge is 0.305 e. The first-order valence-corrected chi connectivity index (χ1v) is 5.28. The van der Waals surface area contributed by atoms with Crippen LogP contribution in [0.4, 0.5) is 0 Å². The standard InChI is InChI=1S/C12H15NO3/c1-16-10-5-3-2-4-9(10)12(6-7-13-12)8-11(14)15/h2-5,13H,6-8H2,1H3,(H,14,15). The Morgan fingerprint density at radius 2 is 2.25 bits per heavy atom. The van der Waals surface area contributed by atoms with Gasteiger partial charge in [-0.3, -0.25) is 4.79 Å². The molecule has 1 aromatic rings. The Kier molecular flexibility index (Phi) is 2.83. The first kappa shape index (κ1) is 11.0. The third kappa shape index (κ3) is 1.76. The zero-order valence-corrected chi connectivity index (χ0v) is 9.19. The van der Waals surface area contributed by atoms with Crippen LogP contribution in [0.25, 0.3) is 0 Å². The van der Waals surface area contributed by atoms with Crippen molar-refractivity contribution in [3.8, 4) is 5.75 Å². The van der Waals surface area contributed by atoms with Crippen LogP contribution in [0.15, 0.2) is 24.3 Å². The molecule has 0 aliphatic carbocycles. The topological polar surface area (TPSA) is 58.6 Å². The lowest BCUT2D eigenvalue weighted by atomic mass is 9.77. The second-order valence-electron chi connectivity index (χ2n) is 4.03. The van der Waals surface area contributed by atoms with Crippen molar-refractivity contribution in [3.05, 3.63) is 29.8 Å². The Bertz CT molecular complexity index is 399. The van der Waals surface area contributed by atoms with Gasteiger partial charge in [0, 0.05) is 5.56 Å². The van der Waals surface area contributed by atoms with Crippen LogP contribution in [-0.4, -0.2) is 24.7 Å². The van der Waals surface area contributed by atoms with E-state index in [0.29, 0.717) is 0 Å². The maximum Gasteiger partial charge on any atom is 0.305 e. The Balaban J connectivity index is 2.36. The molecule has 4 nitrogen and oxygen atoms in total. The predicted octanol–water partition coefficient (Wildman–Crippen LogP) is 1.36. The van der Waals surface area contributed by atoms with Crippen LogP contribution >= 0.6 is 0 Å². The van der Waals surface area contributed by atoms with E-state index in [1.165, 1.54) is 0 Å². The van der Waals surface area contributed by atoms with Gasteiger partial charge in [0.15, 0.2) is 0 Å². The Hall–Kier alpha value is -1.55. The van der Waals surface area contributed by atoms with E-state index >= 15 is 0 Å². The molecule has 1 fully saturated rings. The Labute approximate surface area is 94.2 Å². The first-order chi connectivity index (χ1) is 7.68. The molecule has 1 unspecified atom stereocenters. The predicted molar refractivity (Wildman–Crippen MR) is 59.5 cm³/mol. The third-order valence-electron chi connectivity index (χ3n) is 3.09. The average molecular weight is 221 g/mol. The fourth-order valence-corrected chi connectivity index (χ4v) is 2.20. The molecule has 2 rings (SSSR count). The van der Waals surface area contributed by atoms with Crippen molar-refractivity contribution in [1.29, 1.82) is 0 Å². The summed E-state index contributed by atoms with van der Waals surface area (Å²) in [6.07, 6.45) is 0.924. The highest BCUT2D eigenvalue weighted by molar-refractivity contribution is 5.69. The van der Waals surface area contributed by atoms with E-state index in [0.717, 1.165) is 24.3 Å². The molecule has 0 bridgehead atoms. The Morgan fingerprint density at radius 3 is 2.75 bits per heavy atom. The van der Waals surface area contributed by atoms with Crippen molar-refractivity contribution in [2.45, 2.75) is 18.4 Å².